The van der Waals surface area contributed by atoms with E-state index in [9.17, 15) is 22.8 Å². The third kappa shape index (κ3) is 5.33. The number of sulfonamides is 1. The molecule has 1 amide bonds. The van der Waals surface area contributed by atoms with Gasteiger partial charge >= 0.3 is 5.97 Å². The zero-order valence-electron chi connectivity index (χ0n) is 20.9. The van der Waals surface area contributed by atoms with Crippen molar-refractivity contribution < 1.29 is 27.5 Å². The zero-order valence-corrected chi connectivity index (χ0v) is 21.7. The summed E-state index contributed by atoms with van der Waals surface area (Å²) in [4.78, 5) is 37.1. The number of rotatable bonds is 8. The van der Waals surface area contributed by atoms with Crippen molar-refractivity contribution in [1.82, 2.24) is 8.87 Å². The maximum Gasteiger partial charge on any atom is 0.341 e. The molecule has 10 heteroatoms. The summed E-state index contributed by atoms with van der Waals surface area (Å²) in [5.41, 5.74) is 2.16. The molecular formula is C25H33N3O6S. The Hall–Kier alpha value is -2.98. The normalized spacial score (nSPS) is 16.7. The lowest BCUT2D eigenvalue weighted by Crippen LogP contribution is -2.44. The highest BCUT2D eigenvalue weighted by Crippen LogP contribution is 2.33. The van der Waals surface area contributed by atoms with E-state index in [0.29, 0.717) is 42.0 Å². The molecule has 1 aliphatic heterocycles. The van der Waals surface area contributed by atoms with Crippen LogP contribution in [0.2, 0.25) is 0 Å². The quantitative estimate of drug-likeness (QED) is 0.435. The fourth-order valence-electron chi connectivity index (χ4n) is 4.62. The Morgan fingerprint density at radius 1 is 1.09 bits per heavy atom. The second-order valence-electron chi connectivity index (χ2n) is 8.66. The minimum Gasteiger partial charge on any atom is -0.462 e. The molecule has 0 bridgehead atoms. The van der Waals surface area contributed by atoms with Gasteiger partial charge in [-0.3, -0.25) is 9.59 Å². The first-order valence-corrected chi connectivity index (χ1v) is 13.3. The Morgan fingerprint density at radius 2 is 1.74 bits per heavy atom. The van der Waals surface area contributed by atoms with Gasteiger partial charge in [-0.2, -0.15) is 4.31 Å². The molecular weight excluding hydrogens is 470 g/mol. The Balaban J connectivity index is 1.87. The molecule has 1 atom stereocenters. The number of hydrogen-bond acceptors (Lipinski definition) is 6. The third-order valence-electron chi connectivity index (χ3n) is 6.43. The van der Waals surface area contributed by atoms with Crippen LogP contribution in [0, 0.1) is 19.8 Å². The summed E-state index contributed by atoms with van der Waals surface area (Å²) in [7, 11) is -4.06. The van der Waals surface area contributed by atoms with Gasteiger partial charge in [0.15, 0.2) is 5.78 Å². The molecule has 0 unspecified atom stereocenters. The highest BCUT2D eigenvalue weighted by molar-refractivity contribution is 7.89. The summed E-state index contributed by atoms with van der Waals surface area (Å²) in [6.07, 6.45) is 1.06. The number of nitrogens with zero attached hydrogens (tertiary/aromatic N) is 2. The Kier molecular flexibility index (Phi) is 8.17. The van der Waals surface area contributed by atoms with E-state index in [2.05, 4.69) is 5.32 Å². The monoisotopic (exact) mass is 503 g/mol. The molecule has 0 spiro atoms. The summed E-state index contributed by atoms with van der Waals surface area (Å²) in [6, 6.07) is 6.57. The number of piperidine rings is 1. The van der Waals surface area contributed by atoms with Crippen LogP contribution in [0.3, 0.4) is 0 Å². The first-order chi connectivity index (χ1) is 16.5. The summed E-state index contributed by atoms with van der Waals surface area (Å²) in [5.74, 6) is -1.57. The number of anilines is 1. The van der Waals surface area contributed by atoms with E-state index >= 15 is 0 Å². The molecule has 2 heterocycles. The van der Waals surface area contributed by atoms with E-state index in [0.717, 1.165) is 0 Å². The molecule has 0 radical (unpaired) electrons. The number of esters is 1. The van der Waals surface area contributed by atoms with Crippen LogP contribution in [0.5, 0.6) is 0 Å². The van der Waals surface area contributed by atoms with Crippen LogP contribution in [0.25, 0.3) is 0 Å². The van der Waals surface area contributed by atoms with Crippen molar-refractivity contribution in [3.63, 3.8) is 0 Å². The first kappa shape index (κ1) is 26.6. The van der Waals surface area contributed by atoms with Crippen molar-refractivity contribution in [2.24, 2.45) is 5.92 Å². The van der Waals surface area contributed by atoms with Gasteiger partial charge in [0.25, 0.3) is 0 Å². The van der Waals surface area contributed by atoms with Gasteiger partial charge in [-0.1, -0.05) is 0 Å². The summed E-state index contributed by atoms with van der Waals surface area (Å²) in [6.45, 7) is 9.34. The fraction of sp³-hybridized carbons (Fsp3) is 0.480. The molecule has 1 aromatic heterocycles. The van der Waals surface area contributed by atoms with Gasteiger partial charge in [0, 0.05) is 42.3 Å². The molecule has 1 saturated heterocycles. The lowest BCUT2D eigenvalue weighted by atomic mass is 9.98. The van der Waals surface area contributed by atoms with Gasteiger partial charge in [0.2, 0.25) is 15.9 Å². The summed E-state index contributed by atoms with van der Waals surface area (Å²) in [5, 5.41) is 2.82. The minimum absolute atomic E-state index is 0.0117. The first-order valence-electron chi connectivity index (χ1n) is 11.8. The van der Waals surface area contributed by atoms with Gasteiger partial charge in [0.1, 0.15) is 10.5 Å². The number of amides is 1. The van der Waals surface area contributed by atoms with Gasteiger partial charge in [0.05, 0.1) is 12.5 Å². The molecule has 1 N–H and O–H groups in total. The van der Waals surface area contributed by atoms with Crippen molar-refractivity contribution >= 4 is 33.4 Å². The minimum atomic E-state index is -4.06. The predicted octanol–water partition coefficient (Wildman–Crippen LogP) is 3.54. The van der Waals surface area contributed by atoms with Crippen LogP contribution in [0.1, 0.15) is 65.7 Å². The molecule has 9 nitrogen and oxygen atoms in total. The standard InChI is InChI=1S/C25H33N3O6S/c1-6-28-16(3)22(25(31)34-7-2)23(17(28)4)35(32,33)27-14-8-9-20(15-27)24(30)26-21-12-10-19(11-13-21)18(5)29/h10-13,20H,6-9,14-15H2,1-5H3,(H,26,30)/t20-/m0/s1. The molecule has 1 aliphatic rings. The molecule has 190 valence electrons. The Morgan fingerprint density at radius 3 is 2.31 bits per heavy atom. The second-order valence-corrected chi connectivity index (χ2v) is 10.5. The van der Waals surface area contributed by atoms with Gasteiger partial charge in [-0.25, -0.2) is 13.2 Å². The molecule has 3 rings (SSSR count). The number of ketones is 1. The zero-order chi connectivity index (χ0) is 25.9. The van der Waals surface area contributed by atoms with Crippen LogP contribution in [-0.2, 0) is 26.1 Å². The number of benzene rings is 1. The number of carbonyl (C=O) groups is 3. The van der Waals surface area contributed by atoms with Crippen molar-refractivity contribution in [2.45, 2.75) is 58.9 Å². The molecule has 2 aromatic rings. The largest absolute Gasteiger partial charge is 0.462 e. The molecule has 1 fully saturated rings. The highest BCUT2D eigenvalue weighted by Gasteiger charge is 2.39. The molecule has 0 aliphatic carbocycles. The van der Waals surface area contributed by atoms with Crippen LogP contribution in [0.4, 0.5) is 5.69 Å². The number of aromatic nitrogens is 1. The van der Waals surface area contributed by atoms with E-state index in [1.54, 1.807) is 49.6 Å². The van der Waals surface area contributed by atoms with Gasteiger partial charge in [-0.05, 0) is 71.7 Å². The average molecular weight is 504 g/mol. The lowest BCUT2D eigenvalue weighted by Gasteiger charge is -2.31. The Bertz CT molecular complexity index is 1230. The van der Waals surface area contributed by atoms with E-state index in [1.807, 2.05) is 6.92 Å². The van der Waals surface area contributed by atoms with E-state index in [4.69, 9.17) is 4.74 Å². The Labute approximate surface area is 206 Å². The van der Waals surface area contributed by atoms with Crippen molar-refractivity contribution in [2.75, 3.05) is 25.0 Å². The maximum atomic E-state index is 13.8. The number of ether oxygens (including phenoxy) is 1. The van der Waals surface area contributed by atoms with Crippen molar-refractivity contribution in [1.29, 1.82) is 0 Å². The SMILES string of the molecule is CCOC(=O)c1c(S(=O)(=O)N2CCC[C@H](C(=O)Nc3ccc(C(C)=O)cc3)C2)c(C)n(CC)c1C. The summed E-state index contributed by atoms with van der Waals surface area (Å²) >= 11 is 0. The fourth-order valence-corrected chi connectivity index (χ4v) is 6.60. The predicted molar refractivity (Wildman–Crippen MR) is 132 cm³/mol. The second kappa shape index (κ2) is 10.7. The topological polar surface area (TPSA) is 115 Å². The number of nitrogens with one attached hydrogen (secondary N) is 1. The van der Waals surface area contributed by atoms with Crippen LogP contribution >= 0.6 is 0 Å². The maximum absolute atomic E-state index is 13.8. The van der Waals surface area contributed by atoms with E-state index in [1.165, 1.54) is 11.2 Å². The van der Waals surface area contributed by atoms with E-state index < -0.39 is 21.9 Å². The van der Waals surface area contributed by atoms with Crippen LogP contribution < -0.4 is 5.32 Å². The lowest BCUT2D eigenvalue weighted by molar-refractivity contribution is -0.120. The smallest absolute Gasteiger partial charge is 0.341 e. The van der Waals surface area contributed by atoms with Crippen molar-refractivity contribution in [3.05, 3.63) is 46.8 Å². The van der Waals surface area contributed by atoms with Gasteiger partial charge < -0.3 is 14.6 Å². The highest BCUT2D eigenvalue weighted by atomic mass is 32.2. The molecule has 1 aromatic carbocycles. The average Bonchev–Trinajstić information content (AvgIpc) is 3.09. The third-order valence-corrected chi connectivity index (χ3v) is 8.46. The molecule has 35 heavy (non-hydrogen) atoms. The summed E-state index contributed by atoms with van der Waals surface area (Å²) < 4.78 is 35.8. The molecule has 0 saturated carbocycles. The number of carbonyl (C=O) groups excluding carboxylic acids is 3. The van der Waals surface area contributed by atoms with Gasteiger partial charge in [-0.15, -0.1) is 0 Å². The van der Waals surface area contributed by atoms with Crippen LogP contribution in [0.15, 0.2) is 29.2 Å². The number of hydrogen-bond donors (Lipinski definition) is 1. The van der Waals surface area contributed by atoms with E-state index in [-0.39, 0.29) is 41.8 Å². The van der Waals surface area contributed by atoms with Crippen LogP contribution in [-0.4, -0.2) is 54.6 Å². The van der Waals surface area contributed by atoms with Crippen molar-refractivity contribution in [3.8, 4) is 0 Å². The number of Topliss-reactive ketones (excluding diaryl/α,β-unsaturated/α-hetero) is 1.